The largest absolute Gasteiger partial charge is 0.496 e. The highest BCUT2D eigenvalue weighted by molar-refractivity contribution is 9.10. The van der Waals surface area contributed by atoms with E-state index >= 15 is 0 Å². The molecule has 6 heteroatoms. The maximum Gasteiger partial charge on any atom is 0.305 e. The number of aliphatic carboxylic acids is 1. The Morgan fingerprint density at radius 3 is 2.90 bits per heavy atom. The number of hydrogen-bond donors (Lipinski definition) is 1. The molecular formula is C14H16BrNO4. The summed E-state index contributed by atoms with van der Waals surface area (Å²) in [5, 5.41) is 8.91. The van der Waals surface area contributed by atoms with Gasteiger partial charge in [-0.2, -0.15) is 0 Å². The maximum atomic E-state index is 12.6. The molecule has 0 aliphatic carbocycles. The van der Waals surface area contributed by atoms with Gasteiger partial charge in [-0.05, 0) is 31.0 Å². The molecule has 1 saturated heterocycles. The number of hydrogen-bond acceptors (Lipinski definition) is 3. The van der Waals surface area contributed by atoms with Gasteiger partial charge in [-0.25, -0.2) is 0 Å². The van der Waals surface area contributed by atoms with Crippen LogP contribution in [0.3, 0.4) is 0 Å². The lowest BCUT2D eigenvalue weighted by Crippen LogP contribution is -2.37. The van der Waals surface area contributed by atoms with E-state index in [1.807, 2.05) is 0 Å². The van der Waals surface area contributed by atoms with Crippen LogP contribution in [0.4, 0.5) is 0 Å². The van der Waals surface area contributed by atoms with Crippen molar-refractivity contribution in [2.75, 3.05) is 13.7 Å². The van der Waals surface area contributed by atoms with E-state index in [4.69, 9.17) is 9.84 Å². The van der Waals surface area contributed by atoms with Crippen LogP contribution in [0.25, 0.3) is 0 Å². The first-order chi connectivity index (χ1) is 9.52. The lowest BCUT2D eigenvalue weighted by atomic mass is 10.1. The average Bonchev–Trinajstić information content (AvgIpc) is 2.85. The molecule has 0 bridgehead atoms. The van der Waals surface area contributed by atoms with Crippen LogP contribution in [0.1, 0.15) is 29.6 Å². The molecule has 1 unspecified atom stereocenters. The molecular weight excluding hydrogens is 326 g/mol. The topological polar surface area (TPSA) is 66.8 Å². The Kier molecular flexibility index (Phi) is 4.65. The number of methoxy groups -OCH3 is 1. The Hall–Kier alpha value is -1.56. The standard InChI is InChI=1S/C14H16BrNO4/c1-20-12-7-9(15)4-5-11(12)14(19)16-6-2-3-10(16)8-13(17)18/h4-5,7,10H,2-3,6,8H2,1H3,(H,17,18). The van der Waals surface area contributed by atoms with Crippen molar-refractivity contribution in [2.45, 2.75) is 25.3 Å². The summed E-state index contributed by atoms with van der Waals surface area (Å²) >= 11 is 3.33. The van der Waals surface area contributed by atoms with Crippen LogP contribution in [-0.4, -0.2) is 41.6 Å². The van der Waals surface area contributed by atoms with Crippen LogP contribution in [0.2, 0.25) is 0 Å². The van der Waals surface area contributed by atoms with Gasteiger partial charge in [0.1, 0.15) is 5.75 Å². The molecule has 1 amide bonds. The second kappa shape index (κ2) is 6.26. The van der Waals surface area contributed by atoms with Crippen LogP contribution < -0.4 is 4.74 Å². The predicted octanol–water partition coefficient (Wildman–Crippen LogP) is 2.54. The molecule has 0 saturated carbocycles. The molecule has 2 rings (SSSR count). The summed E-state index contributed by atoms with van der Waals surface area (Å²) in [6, 6.07) is 4.97. The first-order valence-electron chi connectivity index (χ1n) is 6.39. The molecule has 1 N–H and O–H groups in total. The van der Waals surface area contributed by atoms with Gasteiger partial charge in [0, 0.05) is 17.1 Å². The number of halogens is 1. The zero-order chi connectivity index (χ0) is 14.7. The first-order valence-corrected chi connectivity index (χ1v) is 7.18. The fraction of sp³-hybridized carbons (Fsp3) is 0.429. The number of ether oxygens (including phenoxy) is 1. The SMILES string of the molecule is COc1cc(Br)ccc1C(=O)N1CCCC1CC(=O)O. The van der Waals surface area contributed by atoms with Gasteiger partial charge in [0.25, 0.3) is 5.91 Å². The quantitative estimate of drug-likeness (QED) is 0.913. The van der Waals surface area contributed by atoms with E-state index in [-0.39, 0.29) is 18.4 Å². The monoisotopic (exact) mass is 341 g/mol. The van der Waals surface area contributed by atoms with E-state index in [0.29, 0.717) is 17.9 Å². The molecule has 0 spiro atoms. The van der Waals surface area contributed by atoms with E-state index < -0.39 is 5.97 Å². The lowest BCUT2D eigenvalue weighted by Gasteiger charge is -2.24. The second-order valence-corrected chi connectivity index (χ2v) is 5.65. The Morgan fingerprint density at radius 2 is 2.25 bits per heavy atom. The highest BCUT2D eigenvalue weighted by Gasteiger charge is 2.32. The van der Waals surface area contributed by atoms with Crippen LogP contribution in [0.15, 0.2) is 22.7 Å². The molecule has 0 radical (unpaired) electrons. The molecule has 1 aliphatic heterocycles. The van der Waals surface area contributed by atoms with Gasteiger partial charge >= 0.3 is 5.97 Å². The fourth-order valence-corrected chi connectivity index (χ4v) is 2.85. The van der Waals surface area contributed by atoms with Crippen molar-refractivity contribution in [3.8, 4) is 5.75 Å². The van der Waals surface area contributed by atoms with Crippen LogP contribution >= 0.6 is 15.9 Å². The number of carboxylic acids is 1. The van der Waals surface area contributed by atoms with Crippen molar-refractivity contribution in [1.29, 1.82) is 0 Å². The third kappa shape index (κ3) is 3.12. The minimum Gasteiger partial charge on any atom is -0.496 e. The highest BCUT2D eigenvalue weighted by atomic mass is 79.9. The van der Waals surface area contributed by atoms with Crippen molar-refractivity contribution in [3.05, 3.63) is 28.2 Å². The number of carbonyl (C=O) groups is 2. The minimum absolute atomic E-state index is 0.00934. The van der Waals surface area contributed by atoms with Crippen molar-refractivity contribution in [1.82, 2.24) is 4.90 Å². The maximum absolute atomic E-state index is 12.6. The van der Waals surface area contributed by atoms with Gasteiger partial charge in [0.15, 0.2) is 0 Å². The summed E-state index contributed by atoms with van der Waals surface area (Å²) in [6.07, 6.45) is 1.56. The molecule has 1 fully saturated rings. The summed E-state index contributed by atoms with van der Waals surface area (Å²) in [7, 11) is 1.51. The molecule has 1 aromatic rings. The van der Waals surface area contributed by atoms with Gasteiger partial charge in [0.2, 0.25) is 0 Å². The molecule has 5 nitrogen and oxygen atoms in total. The molecule has 1 heterocycles. The molecule has 0 aromatic heterocycles. The number of nitrogens with zero attached hydrogens (tertiary/aromatic N) is 1. The van der Waals surface area contributed by atoms with Crippen LogP contribution in [0.5, 0.6) is 5.75 Å². The normalized spacial score (nSPS) is 18.1. The van der Waals surface area contributed by atoms with Gasteiger partial charge in [-0.15, -0.1) is 0 Å². The van der Waals surface area contributed by atoms with Crippen molar-refractivity contribution >= 4 is 27.8 Å². The zero-order valence-corrected chi connectivity index (χ0v) is 12.7. The Balaban J connectivity index is 2.24. The first kappa shape index (κ1) is 14.8. The number of rotatable bonds is 4. The summed E-state index contributed by atoms with van der Waals surface area (Å²) in [4.78, 5) is 25.1. The van der Waals surface area contributed by atoms with E-state index in [1.54, 1.807) is 23.1 Å². The van der Waals surface area contributed by atoms with E-state index in [0.717, 1.165) is 17.3 Å². The summed E-state index contributed by atoms with van der Waals surface area (Å²) in [5.74, 6) is -0.555. The van der Waals surface area contributed by atoms with Gasteiger partial charge in [0.05, 0.1) is 19.1 Å². The second-order valence-electron chi connectivity index (χ2n) is 4.74. The molecule has 1 atom stereocenters. The van der Waals surface area contributed by atoms with Gasteiger partial charge in [-0.3, -0.25) is 9.59 Å². The minimum atomic E-state index is -0.877. The van der Waals surface area contributed by atoms with E-state index in [1.165, 1.54) is 7.11 Å². The third-order valence-electron chi connectivity index (χ3n) is 3.44. The van der Waals surface area contributed by atoms with Crippen LogP contribution in [-0.2, 0) is 4.79 Å². The fourth-order valence-electron chi connectivity index (χ4n) is 2.51. The van der Waals surface area contributed by atoms with Crippen molar-refractivity contribution in [2.24, 2.45) is 0 Å². The Morgan fingerprint density at radius 1 is 1.50 bits per heavy atom. The van der Waals surface area contributed by atoms with Gasteiger partial charge in [-0.1, -0.05) is 15.9 Å². The average molecular weight is 342 g/mol. The van der Waals surface area contributed by atoms with Crippen LogP contribution in [0, 0.1) is 0 Å². The summed E-state index contributed by atoms with van der Waals surface area (Å²) in [5.41, 5.74) is 0.466. The predicted molar refractivity (Wildman–Crippen MR) is 77.0 cm³/mol. The van der Waals surface area contributed by atoms with Crippen molar-refractivity contribution in [3.63, 3.8) is 0 Å². The molecule has 108 valence electrons. The number of carboxylic acid groups (broad SMARTS) is 1. The summed E-state index contributed by atoms with van der Waals surface area (Å²) < 4.78 is 6.06. The lowest BCUT2D eigenvalue weighted by molar-refractivity contribution is -0.137. The van der Waals surface area contributed by atoms with E-state index in [2.05, 4.69) is 15.9 Å². The third-order valence-corrected chi connectivity index (χ3v) is 3.94. The zero-order valence-electron chi connectivity index (χ0n) is 11.1. The Bertz CT molecular complexity index is 532. The highest BCUT2D eigenvalue weighted by Crippen LogP contribution is 2.28. The Labute approximate surface area is 125 Å². The molecule has 20 heavy (non-hydrogen) atoms. The van der Waals surface area contributed by atoms with Crippen molar-refractivity contribution < 1.29 is 19.4 Å². The number of benzene rings is 1. The molecule has 1 aliphatic rings. The number of amides is 1. The van der Waals surface area contributed by atoms with Gasteiger partial charge < -0.3 is 14.7 Å². The van der Waals surface area contributed by atoms with E-state index in [9.17, 15) is 9.59 Å². The number of likely N-dealkylation sites (tertiary alicyclic amines) is 1. The molecule has 1 aromatic carbocycles. The smallest absolute Gasteiger partial charge is 0.305 e. The summed E-state index contributed by atoms with van der Waals surface area (Å²) in [6.45, 7) is 0.593. The number of carbonyl (C=O) groups excluding carboxylic acids is 1.